The lowest BCUT2D eigenvalue weighted by Crippen LogP contribution is -2.43. The topological polar surface area (TPSA) is 33.5 Å². The van der Waals surface area contributed by atoms with Gasteiger partial charge in [-0.05, 0) is 71.4 Å². The highest BCUT2D eigenvalue weighted by Crippen LogP contribution is 2.28. The minimum atomic E-state index is 0.429. The van der Waals surface area contributed by atoms with Crippen molar-refractivity contribution in [3.63, 3.8) is 0 Å². The smallest absolute Gasteiger partial charge is 0.0702 e. The minimum absolute atomic E-state index is 0.429. The Morgan fingerprint density at radius 2 is 1.86 bits per heavy atom. The number of hydrogen-bond donors (Lipinski definition) is 0. The summed E-state index contributed by atoms with van der Waals surface area (Å²) in [5.74, 6) is 0.833. The number of piperidine rings is 1. The van der Waals surface area contributed by atoms with E-state index in [1.165, 1.54) is 76.6 Å². The third-order valence-electron chi connectivity index (χ3n) is 7.08. The van der Waals surface area contributed by atoms with Crippen LogP contribution in [0.1, 0.15) is 76.8 Å². The number of ether oxygens (including phenoxy) is 1. The lowest BCUT2D eigenvalue weighted by atomic mass is 9.94. The molecule has 5 nitrogen and oxygen atoms in total. The van der Waals surface area contributed by atoms with E-state index in [2.05, 4.69) is 45.8 Å². The second-order valence-electron chi connectivity index (χ2n) is 9.67. The summed E-state index contributed by atoms with van der Waals surface area (Å²) in [6.45, 7) is 11.3. The van der Waals surface area contributed by atoms with Gasteiger partial charge in [-0.15, -0.1) is 0 Å². The van der Waals surface area contributed by atoms with E-state index in [0.29, 0.717) is 12.1 Å². The van der Waals surface area contributed by atoms with Crippen molar-refractivity contribution in [2.45, 2.75) is 89.9 Å². The van der Waals surface area contributed by atoms with Crippen LogP contribution in [0.4, 0.5) is 0 Å². The van der Waals surface area contributed by atoms with E-state index in [1.807, 2.05) is 0 Å². The summed E-state index contributed by atoms with van der Waals surface area (Å²) in [5, 5.41) is 4.55. The first-order valence-electron chi connectivity index (χ1n) is 11.8. The highest BCUT2D eigenvalue weighted by molar-refractivity contribution is 5.04. The molecular weight excluding hydrogens is 348 g/mol. The van der Waals surface area contributed by atoms with Gasteiger partial charge in [-0.1, -0.05) is 12.8 Å². The maximum Gasteiger partial charge on any atom is 0.0702 e. The molecule has 1 aromatic heterocycles. The Morgan fingerprint density at radius 3 is 2.50 bits per heavy atom. The van der Waals surface area contributed by atoms with Crippen molar-refractivity contribution in [3.8, 4) is 0 Å². The van der Waals surface area contributed by atoms with Gasteiger partial charge in [0.25, 0.3) is 0 Å². The van der Waals surface area contributed by atoms with Crippen LogP contribution >= 0.6 is 0 Å². The summed E-state index contributed by atoms with van der Waals surface area (Å²) in [4.78, 5) is 5.45. The molecule has 2 aliphatic heterocycles. The fourth-order valence-electron chi connectivity index (χ4n) is 5.41. The van der Waals surface area contributed by atoms with Crippen molar-refractivity contribution >= 4 is 0 Å². The standard InChI is InChI=1S/C23H40N4O/c1-19(2)27-17-21(14-24-27)16-25(18-23-8-5-13-28-23)15-20-9-11-26(12-10-20)22-6-3-4-7-22/h14,17,19-20,22-23H,3-13,15-16,18H2,1-2H3/t23-/m1/s1. The van der Waals surface area contributed by atoms with E-state index in [1.54, 1.807) is 0 Å². The number of rotatable bonds is 8. The molecule has 0 bridgehead atoms. The number of aromatic nitrogens is 2. The predicted octanol–water partition coefficient (Wildman–Crippen LogP) is 4.10. The molecule has 3 heterocycles. The Balaban J connectivity index is 1.32. The lowest BCUT2D eigenvalue weighted by Gasteiger charge is -2.38. The summed E-state index contributed by atoms with van der Waals surface area (Å²) < 4.78 is 8.05. The third kappa shape index (κ3) is 5.37. The molecule has 1 atom stereocenters. The molecule has 0 radical (unpaired) electrons. The Bertz CT molecular complexity index is 581. The fourth-order valence-corrected chi connectivity index (χ4v) is 5.41. The largest absolute Gasteiger partial charge is 0.377 e. The lowest BCUT2D eigenvalue weighted by molar-refractivity contribution is 0.0540. The maximum atomic E-state index is 5.97. The molecule has 0 N–H and O–H groups in total. The first kappa shape index (κ1) is 20.4. The summed E-state index contributed by atoms with van der Waals surface area (Å²) in [7, 11) is 0. The van der Waals surface area contributed by atoms with Crippen LogP contribution in [0.5, 0.6) is 0 Å². The van der Waals surface area contributed by atoms with Crippen LogP contribution in [0.25, 0.3) is 0 Å². The summed E-state index contributed by atoms with van der Waals surface area (Å²) in [6.07, 6.45) is 15.7. The van der Waals surface area contributed by atoms with Gasteiger partial charge in [0.05, 0.1) is 12.3 Å². The van der Waals surface area contributed by atoms with E-state index in [4.69, 9.17) is 4.74 Å². The van der Waals surface area contributed by atoms with Gasteiger partial charge in [0.15, 0.2) is 0 Å². The Hall–Kier alpha value is -0.910. The van der Waals surface area contributed by atoms with Gasteiger partial charge in [-0.2, -0.15) is 5.10 Å². The van der Waals surface area contributed by atoms with Crippen molar-refractivity contribution in [2.24, 2.45) is 5.92 Å². The van der Waals surface area contributed by atoms with Gasteiger partial charge < -0.3 is 9.64 Å². The van der Waals surface area contributed by atoms with Gasteiger partial charge in [-0.25, -0.2) is 0 Å². The average molecular weight is 389 g/mol. The van der Waals surface area contributed by atoms with Crippen molar-refractivity contribution in [1.82, 2.24) is 19.6 Å². The number of nitrogens with zero attached hydrogens (tertiary/aromatic N) is 4. The van der Waals surface area contributed by atoms with E-state index >= 15 is 0 Å². The molecule has 3 fully saturated rings. The van der Waals surface area contributed by atoms with Crippen LogP contribution in [-0.2, 0) is 11.3 Å². The normalized spacial score (nSPS) is 25.5. The molecule has 2 saturated heterocycles. The highest BCUT2D eigenvalue weighted by atomic mass is 16.5. The molecule has 1 aliphatic carbocycles. The molecule has 0 unspecified atom stereocenters. The summed E-state index contributed by atoms with van der Waals surface area (Å²) in [5.41, 5.74) is 1.34. The van der Waals surface area contributed by atoms with Crippen LogP contribution in [0.15, 0.2) is 12.4 Å². The van der Waals surface area contributed by atoms with Gasteiger partial charge in [0.2, 0.25) is 0 Å². The quantitative estimate of drug-likeness (QED) is 0.671. The van der Waals surface area contributed by atoms with Gasteiger partial charge in [0, 0.05) is 50.1 Å². The van der Waals surface area contributed by atoms with Crippen molar-refractivity contribution in [1.29, 1.82) is 0 Å². The molecular formula is C23H40N4O. The number of hydrogen-bond acceptors (Lipinski definition) is 4. The summed E-state index contributed by atoms with van der Waals surface area (Å²) in [6, 6.07) is 1.33. The molecule has 4 rings (SSSR count). The van der Waals surface area contributed by atoms with Crippen LogP contribution in [0.3, 0.4) is 0 Å². The highest BCUT2D eigenvalue weighted by Gasteiger charge is 2.29. The monoisotopic (exact) mass is 388 g/mol. The van der Waals surface area contributed by atoms with Gasteiger partial charge in [0.1, 0.15) is 0 Å². The van der Waals surface area contributed by atoms with Crippen LogP contribution < -0.4 is 0 Å². The minimum Gasteiger partial charge on any atom is -0.377 e. The Morgan fingerprint density at radius 1 is 1.07 bits per heavy atom. The Kier molecular flexibility index (Phi) is 7.08. The van der Waals surface area contributed by atoms with E-state index in [9.17, 15) is 0 Å². The zero-order valence-electron chi connectivity index (χ0n) is 18.1. The van der Waals surface area contributed by atoms with Gasteiger partial charge in [-0.3, -0.25) is 9.58 Å². The van der Waals surface area contributed by atoms with Crippen molar-refractivity contribution in [2.75, 3.05) is 32.8 Å². The molecule has 0 amide bonds. The van der Waals surface area contributed by atoms with Gasteiger partial charge >= 0.3 is 0 Å². The first-order chi connectivity index (χ1) is 13.7. The molecule has 1 aromatic rings. The Labute approximate surface area is 171 Å². The second kappa shape index (κ2) is 9.73. The zero-order valence-corrected chi connectivity index (χ0v) is 18.1. The summed E-state index contributed by atoms with van der Waals surface area (Å²) >= 11 is 0. The van der Waals surface area contributed by atoms with E-state index in [0.717, 1.165) is 31.7 Å². The SMILES string of the molecule is CC(C)n1cc(CN(CC2CCN(C3CCCC3)CC2)C[C@H]2CCCO2)cn1. The third-order valence-corrected chi connectivity index (χ3v) is 7.08. The second-order valence-corrected chi connectivity index (χ2v) is 9.67. The molecule has 5 heteroatoms. The molecule has 158 valence electrons. The molecule has 28 heavy (non-hydrogen) atoms. The first-order valence-corrected chi connectivity index (χ1v) is 11.8. The van der Waals surface area contributed by atoms with Crippen LogP contribution in [-0.4, -0.2) is 64.5 Å². The predicted molar refractivity (Wildman–Crippen MR) is 113 cm³/mol. The van der Waals surface area contributed by atoms with Crippen molar-refractivity contribution < 1.29 is 4.74 Å². The zero-order chi connectivity index (χ0) is 19.3. The average Bonchev–Trinajstić information content (AvgIpc) is 3.45. The van der Waals surface area contributed by atoms with Crippen molar-refractivity contribution in [3.05, 3.63) is 18.0 Å². The molecule has 3 aliphatic rings. The molecule has 0 spiro atoms. The molecule has 1 saturated carbocycles. The fraction of sp³-hybridized carbons (Fsp3) is 0.870. The van der Waals surface area contributed by atoms with Crippen LogP contribution in [0, 0.1) is 5.92 Å². The molecule has 0 aromatic carbocycles. The number of likely N-dealkylation sites (tertiary alicyclic amines) is 1. The van der Waals surface area contributed by atoms with E-state index in [-0.39, 0.29) is 0 Å². The maximum absolute atomic E-state index is 5.97. The van der Waals surface area contributed by atoms with E-state index < -0.39 is 0 Å². The van der Waals surface area contributed by atoms with Crippen LogP contribution in [0.2, 0.25) is 0 Å².